The van der Waals surface area contributed by atoms with Crippen LogP contribution in [-0.2, 0) is 6.54 Å². The highest BCUT2D eigenvalue weighted by atomic mass is 35.5. The maximum absolute atomic E-state index is 6.16. The van der Waals surface area contributed by atoms with Gasteiger partial charge in [-0.3, -0.25) is 0 Å². The van der Waals surface area contributed by atoms with Crippen molar-refractivity contribution in [1.82, 2.24) is 15.2 Å². The van der Waals surface area contributed by atoms with Crippen molar-refractivity contribution in [3.05, 3.63) is 28.0 Å². The summed E-state index contributed by atoms with van der Waals surface area (Å²) in [5.41, 5.74) is 1.04. The molecule has 2 heterocycles. The molecule has 18 heavy (non-hydrogen) atoms. The molecule has 1 aliphatic rings. The van der Waals surface area contributed by atoms with Crippen molar-refractivity contribution >= 4 is 23.2 Å². The van der Waals surface area contributed by atoms with Crippen LogP contribution in [0.25, 0.3) is 0 Å². The van der Waals surface area contributed by atoms with Crippen LogP contribution in [-0.4, -0.2) is 36.6 Å². The van der Waals surface area contributed by atoms with Crippen LogP contribution in [0.15, 0.2) is 12.3 Å². The molecule has 1 aliphatic heterocycles. The Balaban J connectivity index is 1.87. The van der Waals surface area contributed by atoms with Gasteiger partial charge in [0.2, 0.25) is 0 Å². The number of nitrogens with one attached hydrogen (secondary N) is 1. The number of nitrogens with zero attached hydrogens (tertiary/aromatic N) is 2. The third-order valence-electron chi connectivity index (χ3n) is 3.37. The summed E-state index contributed by atoms with van der Waals surface area (Å²) in [5, 5.41) is 4.54. The van der Waals surface area contributed by atoms with Gasteiger partial charge in [-0.1, -0.05) is 23.2 Å². The van der Waals surface area contributed by atoms with Crippen LogP contribution in [0.4, 0.5) is 0 Å². The zero-order valence-electron chi connectivity index (χ0n) is 10.6. The number of aromatic nitrogens is 1. The lowest BCUT2D eigenvalue weighted by atomic mass is 9.97. The van der Waals surface area contributed by atoms with Gasteiger partial charge >= 0.3 is 0 Å². The summed E-state index contributed by atoms with van der Waals surface area (Å²) >= 11 is 11.9. The van der Waals surface area contributed by atoms with E-state index in [0.29, 0.717) is 10.2 Å². The third kappa shape index (κ3) is 4.09. The van der Waals surface area contributed by atoms with Crippen molar-refractivity contribution in [2.75, 3.05) is 26.7 Å². The highest BCUT2D eigenvalue weighted by molar-refractivity contribution is 6.34. The van der Waals surface area contributed by atoms with Gasteiger partial charge in [-0.15, -0.1) is 0 Å². The molecule has 1 saturated heterocycles. The van der Waals surface area contributed by atoms with Crippen LogP contribution >= 0.6 is 23.2 Å². The molecule has 1 N–H and O–H groups in total. The molecule has 0 aromatic carbocycles. The van der Waals surface area contributed by atoms with E-state index in [1.807, 2.05) is 0 Å². The average Bonchev–Trinajstić information content (AvgIpc) is 2.34. The second-order valence-electron chi connectivity index (χ2n) is 4.99. The molecule has 0 amide bonds. The number of piperidine rings is 1. The molecule has 0 aliphatic carbocycles. The smallest absolute Gasteiger partial charge is 0.130 e. The maximum Gasteiger partial charge on any atom is 0.130 e. The van der Waals surface area contributed by atoms with Crippen molar-refractivity contribution < 1.29 is 0 Å². The summed E-state index contributed by atoms with van der Waals surface area (Å²) in [5.74, 6) is 0.787. The van der Waals surface area contributed by atoms with Gasteiger partial charge in [0, 0.05) is 29.9 Å². The minimum atomic E-state index is 0.449. The predicted octanol–water partition coefficient (Wildman–Crippen LogP) is 2.82. The molecule has 0 atom stereocenters. The molecule has 100 valence electrons. The summed E-state index contributed by atoms with van der Waals surface area (Å²) in [6.07, 6.45) is 4.29. The first-order valence-electron chi connectivity index (χ1n) is 6.34. The molecular weight excluding hydrogens is 269 g/mol. The molecule has 5 heteroatoms. The fourth-order valence-corrected chi connectivity index (χ4v) is 2.84. The fraction of sp³-hybridized carbons (Fsp3) is 0.615. The van der Waals surface area contributed by atoms with Gasteiger partial charge < -0.3 is 10.2 Å². The number of hydrogen-bond donors (Lipinski definition) is 1. The van der Waals surface area contributed by atoms with E-state index in [-0.39, 0.29) is 0 Å². The van der Waals surface area contributed by atoms with E-state index >= 15 is 0 Å². The first kappa shape index (κ1) is 14.1. The highest BCUT2D eigenvalue weighted by Gasteiger charge is 2.15. The second-order valence-corrected chi connectivity index (χ2v) is 5.78. The number of pyridine rings is 1. The second kappa shape index (κ2) is 6.71. The van der Waals surface area contributed by atoms with Gasteiger partial charge in [-0.2, -0.15) is 0 Å². The molecule has 2 rings (SSSR count). The fourth-order valence-electron chi connectivity index (χ4n) is 2.41. The van der Waals surface area contributed by atoms with E-state index in [2.05, 4.69) is 22.2 Å². The largest absolute Gasteiger partial charge is 0.317 e. The Hall–Kier alpha value is -0.350. The predicted molar refractivity (Wildman–Crippen MR) is 76.2 cm³/mol. The van der Waals surface area contributed by atoms with Crippen molar-refractivity contribution in [1.29, 1.82) is 0 Å². The van der Waals surface area contributed by atoms with Crippen LogP contribution in [0.5, 0.6) is 0 Å². The summed E-state index contributed by atoms with van der Waals surface area (Å²) < 4.78 is 0. The topological polar surface area (TPSA) is 28.2 Å². The number of hydrogen-bond acceptors (Lipinski definition) is 3. The Bertz CT molecular complexity index is 392. The molecular formula is C13H19Cl2N3. The van der Waals surface area contributed by atoms with E-state index in [4.69, 9.17) is 23.2 Å². The lowest BCUT2D eigenvalue weighted by molar-refractivity contribution is 0.234. The van der Waals surface area contributed by atoms with Crippen molar-refractivity contribution in [3.8, 4) is 0 Å². The van der Waals surface area contributed by atoms with Crippen molar-refractivity contribution in [2.24, 2.45) is 5.92 Å². The Kier molecular flexibility index (Phi) is 5.25. The molecule has 0 bridgehead atoms. The zero-order valence-corrected chi connectivity index (χ0v) is 12.1. The van der Waals surface area contributed by atoms with Gasteiger partial charge in [0.15, 0.2) is 0 Å². The van der Waals surface area contributed by atoms with Crippen LogP contribution in [0, 0.1) is 5.92 Å². The van der Waals surface area contributed by atoms with Crippen molar-refractivity contribution in [2.45, 2.75) is 19.4 Å². The lowest BCUT2D eigenvalue weighted by Gasteiger charge is -2.27. The molecule has 1 aromatic rings. The van der Waals surface area contributed by atoms with Crippen LogP contribution in [0.1, 0.15) is 18.4 Å². The minimum absolute atomic E-state index is 0.449. The Morgan fingerprint density at radius 1 is 1.39 bits per heavy atom. The average molecular weight is 288 g/mol. The van der Waals surface area contributed by atoms with Gasteiger partial charge in [0.05, 0.1) is 0 Å². The van der Waals surface area contributed by atoms with Gasteiger partial charge in [-0.05, 0) is 45.0 Å². The van der Waals surface area contributed by atoms with E-state index < -0.39 is 0 Å². The van der Waals surface area contributed by atoms with Crippen LogP contribution < -0.4 is 5.32 Å². The standard InChI is InChI=1S/C13H19Cl2N3/c1-18(8-10-2-4-16-5-3-10)9-11-7-17-13(15)6-12(11)14/h6-7,10,16H,2-5,8-9H2,1H3. The molecule has 1 aromatic heterocycles. The summed E-state index contributed by atoms with van der Waals surface area (Å²) in [6, 6.07) is 1.71. The lowest BCUT2D eigenvalue weighted by Crippen LogP contribution is -2.34. The van der Waals surface area contributed by atoms with Gasteiger partial charge in [0.25, 0.3) is 0 Å². The van der Waals surface area contributed by atoms with Crippen molar-refractivity contribution in [3.63, 3.8) is 0 Å². The maximum atomic E-state index is 6.16. The Morgan fingerprint density at radius 2 is 2.11 bits per heavy atom. The van der Waals surface area contributed by atoms with E-state index in [9.17, 15) is 0 Å². The normalized spacial score (nSPS) is 17.3. The molecule has 0 radical (unpaired) electrons. The quantitative estimate of drug-likeness (QED) is 0.864. The molecule has 0 spiro atoms. The molecule has 1 fully saturated rings. The first-order valence-corrected chi connectivity index (χ1v) is 7.10. The van der Waals surface area contributed by atoms with Crippen LogP contribution in [0.3, 0.4) is 0 Å². The monoisotopic (exact) mass is 287 g/mol. The summed E-state index contributed by atoms with van der Waals surface area (Å²) in [4.78, 5) is 6.40. The summed E-state index contributed by atoms with van der Waals surface area (Å²) in [6.45, 7) is 4.22. The van der Waals surface area contributed by atoms with Gasteiger partial charge in [-0.25, -0.2) is 4.98 Å². The van der Waals surface area contributed by atoms with E-state index in [0.717, 1.165) is 37.7 Å². The number of halogens is 2. The minimum Gasteiger partial charge on any atom is -0.317 e. The number of rotatable bonds is 4. The van der Waals surface area contributed by atoms with Gasteiger partial charge in [0.1, 0.15) is 5.15 Å². The molecule has 0 unspecified atom stereocenters. The SMILES string of the molecule is CN(Cc1cnc(Cl)cc1Cl)CC1CCNCC1. The first-order chi connectivity index (χ1) is 8.65. The van der Waals surface area contributed by atoms with Crippen LogP contribution in [0.2, 0.25) is 10.2 Å². The zero-order chi connectivity index (χ0) is 13.0. The Labute approximate surface area is 118 Å². The highest BCUT2D eigenvalue weighted by Crippen LogP contribution is 2.21. The Morgan fingerprint density at radius 3 is 2.78 bits per heavy atom. The third-order valence-corrected chi connectivity index (χ3v) is 3.92. The van der Waals surface area contributed by atoms with E-state index in [1.165, 1.54) is 12.8 Å². The molecule has 0 saturated carbocycles. The summed E-state index contributed by atoms with van der Waals surface area (Å²) in [7, 11) is 2.13. The molecule has 3 nitrogen and oxygen atoms in total. The van der Waals surface area contributed by atoms with E-state index in [1.54, 1.807) is 12.3 Å².